The third kappa shape index (κ3) is 4.95. The highest BCUT2D eigenvalue weighted by atomic mass is 19.1. The molecule has 0 spiro atoms. The van der Waals surface area contributed by atoms with Crippen molar-refractivity contribution in [2.45, 2.75) is 37.7 Å². The van der Waals surface area contributed by atoms with Gasteiger partial charge in [0, 0.05) is 40.3 Å². The molecule has 4 N–H and O–H groups in total. The number of nitrogen functional groups attached to an aromatic ring is 1. The van der Waals surface area contributed by atoms with Gasteiger partial charge in [0.15, 0.2) is 5.82 Å². The molecular formula is C30H26F2N6O3. The maximum atomic E-state index is 15.6. The van der Waals surface area contributed by atoms with E-state index in [0.29, 0.717) is 29.6 Å². The topological polar surface area (TPSA) is 128 Å². The lowest BCUT2D eigenvalue weighted by Gasteiger charge is -2.24. The van der Waals surface area contributed by atoms with Crippen molar-refractivity contribution in [1.82, 2.24) is 19.2 Å². The summed E-state index contributed by atoms with van der Waals surface area (Å²) in [6.07, 6.45) is 5.40. The molecule has 1 amide bonds. The summed E-state index contributed by atoms with van der Waals surface area (Å²) in [5.41, 5.74) is 8.11. The Morgan fingerprint density at radius 2 is 1.76 bits per heavy atom. The molecule has 3 aromatic heterocycles. The number of fused-ring (bicyclic) bond motifs is 1. The normalized spacial score (nSPS) is 17.0. The van der Waals surface area contributed by atoms with E-state index in [-0.39, 0.29) is 34.7 Å². The van der Waals surface area contributed by atoms with E-state index in [1.54, 1.807) is 4.52 Å². The second kappa shape index (κ2) is 10.6. The lowest BCUT2D eigenvalue weighted by Crippen LogP contribution is -2.27. The van der Waals surface area contributed by atoms with Crippen LogP contribution in [0, 0.1) is 11.6 Å². The fourth-order valence-electron chi connectivity index (χ4n) is 5.44. The minimum atomic E-state index is -0.715. The van der Waals surface area contributed by atoms with Gasteiger partial charge in [-0.25, -0.2) is 18.3 Å². The number of hydrogen-bond donors (Lipinski definition) is 3. The zero-order chi connectivity index (χ0) is 28.7. The quantitative estimate of drug-likeness (QED) is 0.289. The summed E-state index contributed by atoms with van der Waals surface area (Å²) in [5, 5.41) is 16.9. The summed E-state index contributed by atoms with van der Waals surface area (Å²) in [7, 11) is 0. The number of aliphatic hydroxyl groups excluding tert-OH is 1. The van der Waals surface area contributed by atoms with Crippen molar-refractivity contribution in [3.8, 4) is 16.8 Å². The lowest BCUT2D eigenvalue weighted by molar-refractivity contribution is 0.102. The van der Waals surface area contributed by atoms with Crippen LogP contribution in [0.15, 0.2) is 78.0 Å². The Morgan fingerprint density at radius 1 is 1.00 bits per heavy atom. The van der Waals surface area contributed by atoms with Gasteiger partial charge < -0.3 is 16.2 Å². The molecule has 208 valence electrons. The Bertz CT molecular complexity index is 1830. The van der Waals surface area contributed by atoms with Crippen LogP contribution in [0.5, 0.6) is 0 Å². The first-order valence-electron chi connectivity index (χ1n) is 13.2. The third-order valence-corrected chi connectivity index (χ3v) is 7.54. The molecule has 0 aliphatic heterocycles. The van der Waals surface area contributed by atoms with Crippen molar-refractivity contribution in [2.75, 3.05) is 11.1 Å². The average molecular weight is 557 g/mol. The number of aliphatic hydroxyl groups is 1. The summed E-state index contributed by atoms with van der Waals surface area (Å²) in [6, 6.07) is 14.3. The first-order valence-corrected chi connectivity index (χ1v) is 13.2. The standard InChI is InChI=1S/C30H26F2N6O3/c31-18-5-8-20(9-6-18)37-13-1-2-23(30(37)41)29(40)36-19-7-12-22(25(32)14-19)24-15-26(17-3-10-21(39)11-4-17)38-27(24)28(33)34-16-35-38/h1-2,5-9,12-17,21,39H,3-4,10-11H2,(H,36,40)(H2,33,34,35)/t17-,21+. The van der Waals surface area contributed by atoms with E-state index in [1.807, 2.05) is 6.07 Å². The van der Waals surface area contributed by atoms with Gasteiger partial charge in [0.2, 0.25) is 0 Å². The van der Waals surface area contributed by atoms with Crippen LogP contribution in [-0.2, 0) is 0 Å². The number of carbonyl (C=O) groups excluding carboxylic acids is 1. The minimum Gasteiger partial charge on any atom is -0.393 e. The van der Waals surface area contributed by atoms with Crippen molar-refractivity contribution in [2.24, 2.45) is 0 Å². The predicted octanol–water partition coefficient (Wildman–Crippen LogP) is 4.68. The molecule has 1 aliphatic rings. The summed E-state index contributed by atoms with van der Waals surface area (Å²) in [6.45, 7) is 0. The molecule has 3 heterocycles. The smallest absolute Gasteiger partial charge is 0.267 e. The number of nitrogens with one attached hydrogen (secondary N) is 1. The van der Waals surface area contributed by atoms with Crippen LogP contribution in [0.2, 0.25) is 0 Å². The molecule has 0 atom stereocenters. The molecule has 5 aromatic rings. The van der Waals surface area contributed by atoms with Gasteiger partial charge in [-0.1, -0.05) is 0 Å². The number of pyridine rings is 1. The first kappa shape index (κ1) is 26.3. The second-order valence-electron chi connectivity index (χ2n) is 10.1. The summed E-state index contributed by atoms with van der Waals surface area (Å²) >= 11 is 0. The van der Waals surface area contributed by atoms with Crippen LogP contribution in [-0.4, -0.2) is 36.3 Å². The molecule has 9 nitrogen and oxygen atoms in total. The molecule has 0 unspecified atom stereocenters. The molecule has 1 saturated carbocycles. The van der Waals surface area contributed by atoms with Gasteiger partial charge in [0.25, 0.3) is 11.5 Å². The van der Waals surface area contributed by atoms with Crippen LogP contribution in [0.4, 0.5) is 20.3 Å². The van der Waals surface area contributed by atoms with Crippen LogP contribution in [0.25, 0.3) is 22.3 Å². The van der Waals surface area contributed by atoms with E-state index < -0.39 is 23.1 Å². The fraction of sp³-hybridized carbons (Fsp3) is 0.200. The van der Waals surface area contributed by atoms with Crippen molar-refractivity contribution in [3.63, 3.8) is 0 Å². The maximum absolute atomic E-state index is 15.6. The molecule has 41 heavy (non-hydrogen) atoms. The maximum Gasteiger partial charge on any atom is 0.267 e. The minimum absolute atomic E-state index is 0.125. The number of benzene rings is 2. The number of carbonyl (C=O) groups is 1. The molecule has 2 aromatic carbocycles. The summed E-state index contributed by atoms with van der Waals surface area (Å²) < 4.78 is 31.8. The van der Waals surface area contributed by atoms with Gasteiger partial charge in [-0.05, 0) is 86.3 Å². The van der Waals surface area contributed by atoms with Crippen LogP contribution >= 0.6 is 0 Å². The monoisotopic (exact) mass is 556 g/mol. The summed E-state index contributed by atoms with van der Waals surface area (Å²) in [5.74, 6) is -1.45. The molecule has 11 heteroatoms. The van der Waals surface area contributed by atoms with Gasteiger partial charge in [0.05, 0.1) is 6.10 Å². The van der Waals surface area contributed by atoms with Crippen LogP contribution in [0.3, 0.4) is 0 Å². The van der Waals surface area contributed by atoms with Gasteiger partial charge in [-0.3, -0.25) is 14.2 Å². The van der Waals surface area contributed by atoms with E-state index in [0.717, 1.165) is 18.5 Å². The van der Waals surface area contributed by atoms with Gasteiger partial charge in [-0.2, -0.15) is 5.10 Å². The van der Waals surface area contributed by atoms with Gasteiger partial charge in [0.1, 0.15) is 29.0 Å². The fourth-order valence-corrected chi connectivity index (χ4v) is 5.44. The van der Waals surface area contributed by atoms with E-state index in [2.05, 4.69) is 15.4 Å². The second-order valence-corrected chi connectivity index (χ2v) is 10.1. The molecule has 1 fully saturated rings. The highest BCUT2D eigenvalue weighted by Gasteiger charge is 2.27. The lowest BCUT2D eigenvalue weighted by atomic mass is 9.85. The van der Waals surface area contributed by atoms with Crippen molar-refractivity contribution in [3.05, 3.63) is 106 Å². The van der Waals surface area contributed by atoms with Gasteiger partial charge >= 0.3 is 0 Å². The molecule has 0 bridgehead atoms. The van der Waals surface area contributed by atoms with E-state index in [9.17, 15) is 19.1 Å². The van der Waals surface area contributed by atoms with Crippen molar-refractivity contribution >= 4 is 22.9 Å². The number of nitrogens with zero attached hydrogens (tertiary/aromatic N) is 4. The van der Waals surface area contributed by atoms with Crippen LogP contribution in [0.1, 0.15) is 47.7 Å². The largest absolute Gasteiger partial charge is 0.393 e. The highest BCUT2D eigenvalue weighted by Crippen LogP contribution is 2.39. The molecule has 1 aliphatic carbocycles. The van der Waals surface area contributed by atoms with Crippen LogP contribution < -0.4 is 16.6 Å². The molecule has 6 rings (SSSR count). The van der Waals surface area contributed by atoms with E-state index in [1.165, 1.54) is 71.7 Å². The molecule has 0 radical (unpaired) electrons. The molecule has 0 saturated heterocycles. The molecular weight excluding hydrogens is 530 g/mol. The Labute approximate surface area is 232 Å². The Hall–Kier alpha value is -4.90. The zero-order valence-electron chi connectivity index (χ0n) is 21.8. The number of nitrogens with two attached hydrogens (primary N) is 1. The predicted molar refractivity (Wildman–Crippen MR) is 150 cm³/mol. The van der Waals surface area contributed by atoms with Crippen molar-refractivity contribution in [1.29, 1.82) is 0 Å². The van der Waals surface area contributed by atoms with E-state index in [4.69, 9.17) is 5.73 Å². The first-order chi connectivity index (χ1) is 19.8. The summed E-state index contributed by atoms with van der Waals surface area (Å²) in [4.78, 5) is 30.1. The highest BCUT2D eigenvalue weighted by molar-refractivity contribution is 6.04. The number of anilines is 2. The number of rotatable bonds is 5. The Morgan fingerprint density at radius 3 is 2.49 bits per heavy atom. The zero-order valence-corrected chi connectivity index (χ0v) is 21.8. The third-order valence-electron chi connectivity index (χ3n) is 7.54. The SMILES string of the molecule is Nc1ncnn2c1c(-c1ccc(NC(=O)c3cccn(-c4ccc(F)cc4)c3=O)cc1F)cc2[C@H]1CC[C@@H](O)CC1. The Kier molecular flexibility index (Phi) is 6.80. The average Bonchev–Trinajstić information content (AvgIpc) is 3.35. The van der Waals surface area contributed by atoms with E-state index >= 15 is 4.39 Å². The van der Waals surface area contributed by atoms with Gasteiger partial charge in [-0.15, -0.1) is 0 Å². The Balaban J connectivity index is 1.30. The number of halogens is 2. The van der Waals surface area contributed by atoms with Crippen molar-refractivity contribution < 1.29 is 18.7 Å². The number of aromatic nitrogens is 4. The number of hydrogen-bond acceptors (Lipinski definition) is 6. The number of amides is 1.